The van der Waals surface area contributed by atoms with Crippen molar-refractivity contribution in [2.24, 2.45) is 7.05 Å². The second-order valence-electron chi connectivity index (χ2n) is 8.80. The van der Waals surface area contributed by atoms with Gasteiger partial charge in [-0.1, -0.05) is 6.07 Å². The predicted molar refractivity (Wildman–Crippen MR) is 122 cm³/mol. The van der Waals surface area contributed by atoms with Crippen LogP contribution in [0.3, 0.4) is 0 Å². The Kier molecular flexibility index (Phi) is 4.65. The van der Waals surface area contributed by atoms with Crippen molar-refractivity contribution in [3.8, 4) is 11.3 Å². The SMILES string of the molecule is Cn1cc(-c2nc(NC(=O)C(C)(C)c3cnccn3)ccc2C2CC2)c2cc[nH]c2c1=O. The number of aromatic amines is 1. The molecule has 1 aliphatic carbocycles. The smallest absolute Gasteiger partial charge is 0.274 e. The zero-order valence-electron chi connectivity index (χ0n) is 18.2. The van der Waals surface area contributed by atoms with Gasteiger partial charge in [0.05, 0.1) is 16.8 Å². The Morgan fingerprint density at radius 2 is 2.03 bits per heavy atom. The summed E-state index contributed by atoms with van der Waals surface area (Å²) in [5.41, 5.74) is 2.97. The van der Waals surface area contributed by atoms with Crippen molar-refractivity contribution < 1.29 is 4.79 Å². The highest BCUT2D eigenvalue weighted by atomic mass is 16.2. The van der Waals surface area contributed by atoms with Gasteiger partial charge in [0, 0.05) is 49.0 Å². The Balaban J connectivity index is 1.57. The number of nitrogens with zero attached hydrogens (tertiary/aromatic N) is 4. The third kappa shape index (κ3) is 3.37. The van der Waals surface area contributed by atoms with Crippen LogP contribution in [0.5, 0.6) is 0 Å². The molecule has 0 unspecified atom stereocenters. The lowest BCUT2D eigenvalue weighted by atomic mass is 9.88. The van der Waals surface area contributed by atoms with Crippen LogP contribution in [0, 0.1) is 0 Å². The topological polar surface area (TPSA) is 106 Å². The molecular weight excluding hydrogens is 404 g/mol. The van der Waals surface area contributed by atoms with Gasteiger partial charge in [0.15, 0.2) is 0 Å². The van der Waals surface area contributed by atoms with Crippen LogP contribution in [0.2, 0.25) is 0 Å². The zero-order chi connectivity index (χ0) is 22.5. The van der Waals surface area contributed by atoms with Crippen molar-refractivity contribution in [1.82, 2.24) is 24.5 Å². The molecule has 0 aromatic carbocycles. The molecule has 0 bridgehead atoms. The van der Waals surface area contributed by atoms with Gasteiger partial charge in [-0.3, -0.25) is 19.6 Å². The molecule has 1 aliphatic rings. The fraction of sp³-hybridized carbons (Fsp3) is 0.292. The number of aromatic nitrogens is 5. The first-order valence-electron chi connectivity index (χ1n) is 10.6. The summed E-state index contributed by atoms with van der Waals surface area (Å²) in [5.74, 6) is 0.691. The molecule has 4 heterocycles. The van der Waals surface area contributed by atoms with E-state index in [0.29, 0.717) is 22.9 Å². The number of rotatable bonds is 5. The number of aryl methyl sites for hydroxylation is 1. The van der Waals surface area contributed by atoms with Crippen molar-refractivity contribution in [3.63, 3.8) is 0 Å². The third-order valence-electron chi connectivity index (χ3n) is 6.11. The number of anilines is 1. The summed E-state index contributed by atoms with van der Waals surface area (Å²) < 4.78 is 1.56. The van der Waals surface area contributed by atoms with E-state index in [4.69, 9.17) is 4.98 Å². The lowest BCUT2D eigenvalue weighted by Crippen LogP contribution is -2.35. The fourth-order valence-electron chi connectivity index (χ4n) is 3.95. The van der Waals surface area contributed by atoms with Gasteiger partial charge in [-0.05, 0) is 50.3 Å². The molecule has 0 aliphatic heterocycles. The number of amides is 1. The highest BCUT2D eigenvalue weighted by Gasteiger charge is 2.33. The van der Waals surface area contributed by atoms with Gasteiger partial charge in [-0.2, -0.15) is 0 Å². The van der Waals surface area contributed by atoms with E-state index in [1.807, 2.05) is 38.2 Å². The van der Waals surface area contributed by atoms with Crippen LogP contribution < -0.4 is 10.9 Å². The Bertz CT molecular complexity index is 1380. The minimum Gasteiger partial charge on any atom is -0.357 e. The zero-order valence-corrected chi connectivity index (χ0v) is 18.2. The third-order valence-corrected chi connectivity index (χ3v) is 6.11. The minimum absolute atomic E-state index is 0.0862. The maximum Gasteiger partial charge on any atom is 0.274 e. The molecule has 2 N–H and O–H groups in total. The fourth-order valence-corrected chi connectivity index (χ4v) is 3.95. The molecule has 0 spiro atoms. The monoisotopic (exact) mass is 428 g/mol. The first-order valence-corrected chi connectivity index (χ1v) is 10.6. The van der Waals surface area contributed by atoms with Gasteiger partial charge in [-0.25, -0.2) is 4.98 Å². The van der Waals surface area contributed by atoms with Crippen molar-refractivity contribution in [3.05, 3.63) is 70.8 Å². The van der Waals surface area contributed by atoms with Gasteiger partial charge in [-0.15, -0.1) is 0 Å². The quantitative estimate of drug-likeness (QED) is 0.506. The molecular formula is C24H24N6O2. The van der Waals surface area contributed by atoms with Gasteiger partial charge in [0.2, 0.25) is 5.91 Å². The normalized spacial score (nSPS) is 14.0. The summed E-state index contributed by atoms with van der Waals surface area (Å²) in [7, 11) is 1.73. The summed E-state index contributed by atoms with van der Waals surface area (Å²) >= 11 is 0. The van der Waals surface area contributed by atoms with Crippen LogP contribution >= 0.6 is 0 Å². The molecule has 32 heavy (non-hydrogen) atoms. The first kappa shape index (κ1) is 20.1. The molecule has 5 rings (SSSR count). The van der Waals surface area contributed by atoms with E-state index in [2.05, 4.69) is 20.3 Å². The number of fused-ring (bicyclic) bond motifs is 1. The number of pyridine rings is 2. The van der Waals surface area contributed by atoms with E-state index in [9.17, 15) is 9.59 Å². The molecule has 4 aromatic heterocycles. The molecule has 8 nitrogen and oxygen atoms in total. The maximum atomic E-state index is 13.1. The molecule has 4 aromatic rings. The van der Waals surface area contributed by atoms with E-state index >= 15 is 0 Å². The van der Waals surface area contributed by atoms with Gasteiger partial charge < -0.3 is 14.9 Å². The molecule has 1 saturated carbocycles. The van der Waals surface area contributed by atoms with Crippen molar-refractivity contribution >= 4 is 22.6 Å². The van der Waals surface area contributed by atoms with Crippen LogP contribution in [-0.2, 0) is 17.3 Å². The molecule has 8 heteroatoms. The van der Waals surface area contributed by atoms with Crippen molar-refractivity contribution in [2.45, 2.75) is 38.0 Å². The van der Waals surface area contributed by atoms with Crippen molar-refractivity contribution in [1.29, 1.82) is 0 Å². The summed E-state index contributed by atoms with van der Waals surface area (Å²) in [6, 6.07) is 5.78. The second kappa shape index (κ2) is 7.40. The Morgan fingerprint density at radius 1 is 1.22 bits per heavy atom. The number of hydrogen-bond donors (Lipinski definition) is 2. The molecule has 162 valence electrons. The van der Waals surface area contributed by atoms with E-state index in [-0.39, 0.29) is 11.5 Å². The Morgan fingerprint density at radius 3 is 2.75 bits per heavy atom. The standard InChI is InChI=1S/C24H24N6O2/c1-24(2,18-12-25-10-11-26-18)23(32)29-19-7-6-15(14-4-5-14)20(28-19)17-13-30(3)22(31)21-16(17)8-9-27-21/h6-14,27H,4-5H2,1-3H3,(H,28,29,32). The largest absolute Gasteiger partial charge is 0.357 e. The number of nitrogens with one attached hydrogen (secondary N) is 2. The lowest BCUT2D eigenvalue weighted by Gasteiger charge is -2.22. The number of H-pyrrole nitrogens is 1. The Labute approximate surface area is 184 Å². The summed E-state index contributed by atoms with van der Waals surface area (Å²) in [5, 5.41) is 3.78. The van der Waals surface area contributed by atoms with Crippen LogP contribution in [0.4, 0.5) is 5.82 Å². The summed E-state index contributed by atoms with van der Waals surface area (Å²) in [6.07, 6.45) is 10.6. The highest BCUT2D eigenvalue weighted by Crippen LogP contribution is 2.45. The van der Waals surface area contributed by atoms with Gasteiger partial charge in [0.1, 0.15) is 11.3 Å². The lowest BCUT2D eigenvalue weighted by molar-refractivity contribution is -0.120. The molecule has 0 atom stereocenters. The van der Waals surface area contributed by atoms with Gasteiger partial charge >= 0.3 is 0 Å². The molecule has 0 radical (unpaired) electrons. The Hall–Kier alpha value is -3.81. The number of carbonyl (C=O) groups excluding carboxylic acids is 1. The van der Waals surface area contributed by atoms with E-state index in [0.717, 1.165) is 35.0 Å². The number of hydrogen-bond acceptors (Lipinski definition) is 5. The summed E-state index contributed by atoms with van der Waals surface area (Å²) in [4.78, 5) is 41.9. The molecule has 1 amide bonds. The average Bonchev–Trinajstić information content (AvgIpc) is 3.52. The predicted octanol–water partition coefficient (Wildman–Crippen LogP) is 3.51. The molecule has 0 saturated heterocycles. The first-order chi connectivity index (χ1) is 15.4. The van der Waals surface area contributed by atoms with Crippen LogP contribution in [0.15, 0.2) is 54.0 Å². The van der Waals surface area contributed by atoms with E-state index in [1.165, 1.54) is 0 Å². The van der Waals surface area contributed by atoms with Crippen LogP contribution in [0.25, 0.3) is 22.2 Å². The second-order valence-corrected chi connectivity index (χ2v) is 8.80. The molecule has 1 fully saturated rings. The van der Waals surface area contributed by atoms with E-state index in [1.54, 1.807) is 36.4 Å². The summed E-state index contributed by atoms with van der Waals surface area (Å²) in [6.45, 7) is 3.62. The van der Waals surface area contributed by atoms with E-state index < -0.39 is 5.41 Å². The maximum absolute atomic E-state index is 13.1. The van der Waals surface area contributed by atoms with Gasteiger partial charge in [0.25, 0.3) is 5.56 Å². The average molecular weight is 428 g/mol. The van der Waals surface area contributed by atoms with Crippen LogP contribution in [0.1, 0.15) is 43.9 Å². The minimum atomic E-state index is -0.879. The number of carbonyl (C=O) groups is 1. The highest BCUT2D eigenvalue weighted by molar-refractivity contribution is 5.98. The van der Waals surface area contributed by atoms with Crippen molar-refractivity contribution in [2.75, 3.05) is 5.32 Å². The van der Waals surface area contributed by atoms with Crippen LogP contribution in [-0.4, -0.2) is 30.4 Å².